The average molecular weight is 406 g/mol. The van der Waals surface area contributed by atoms with Crippen LogP contribution in [0.1, 0.15) is 46.5 Å². The van der Waals surface area contributed by atoms with Crippen LogP contribution in [0, 0.1) is 26.4 Å². The molecule has 1 heterocycles. The molecule has 1 amide bonds. The number of nitrogens with zero attached hydrogens (tertiary/aromatic N) is 2. The Balaban J connectivity index is 1.81. The summed E-state index contributed by atoms with van der Waals surface area (Å²) < 4.78 is 11.3. The van der Waals surface area contributed by atoms with Crippen molar-refractivity contribution in [1.29, 1.82) is 0 Å². The number of nitro benzene ring substituents is 1. The fraction of sp³-hybridized carbons (Fsp3) is 0.667. The van der Waals surface area contributed by atoms with Crippen LogP contribution in [0.4, 0.5) is 10.5 Å². The van der Waals surface area contributed by atoms with Gasteiger partial charge in [-0.05, 0) is 42.6 Å². The number of carbonyl (C=O) groups is 1. The fourth-order valence-electron chi connectivity index (χ4n) is 5.35. The number of amides is 1. The lowest BCUT2D eigenvalue weighted by atomic mass is 9.39. The van der Waals surface area contributed by atoms with Gasteiger partial charge in [0.2, 0.25) is 5.75 Å². The molecule has 1 atom stereocenters. The van der Waals surface area contributed by atoms with Crippen molar-refractivity contribution in [2.75, 3.05) is 26.8 Å². The molecule has 1 unspecified atom stereocenters. The summed E-state index contributed by atoms with van der Waals surface area (Å²) in [6.07, 6.45) is 2.92. The molecule has 1 aromatic rings. The number of hydrogen-bond acceptors (Lipinski definition) is 5. The van der Waals surface area contributed by atoms with Gasteiger partial charge < -0.3 is 19.5 Å². The second-order valence-electron chi connectivity index (χ2n) is 9.26. The number of rotatable bonds is 5. The van der Waals surface area contributed by atoms with Gasteiger partial charge in [-0.25, -0.2) is 4.79 Å². The van der Waals surface area contributed by atoms with Crippen LogP contribution in [0.15, 0.2) is 18.2 Å². The second-order valence-corrected chi connectivity index (χ2v) is 9.26. The van der Waals surface area contributed by atoms with E-state index in [-0.39, 0.29) is 27.7 Å². The van der Waals surface area contributed by atoms with E-state index in [9.17, 15) is 20.0 Å². The number of piperidine rings is 1. The highest BCUT2D eigenvalue weighted by molar-refractivity contribution is 5.65. The minimum Gasteiger partial charge on any atom is -0.493 e. The van der Waals surface area contributed by atoms with Crippen LogP contribution in [0.5, 0.6) is 11.5 Å². The molecule has 1 aliphatic heterocycles. The van der Waals surface area contributed by atoms with Gasteiger partial charge in [0.25, 0.3) is 0 Å². The lowest BCUT2D eigenvalue weighted by molar-refractivity contribution is -0.385. The minimum absolute atomic E-state index is 0.0263. The van der Waals surface area contributed by atoms with Crippen molar-refractivity contribution in [1.82, 2.24) is 4.90 Å². The molecule has 1 saturated heterocycles. The summed E-state index contributed by atoms with van der Waals surface area (Å²) in [5.41, 5.74) is -0.144. The lowest BCUT2D eigenvalue weighted by Gasteiger charge is -2.67. The molecular formula is C21H30N2O6. The van der Waals surface area contributed by atoms with Gasteiger partial charge >= 0.3 is 11.8 Å². The third kappa shape index (κ3) is 3.49. The number of hydrogen-bond donors (Lipinski definition) is 1. The zero-order chi connectivity index (χ0) is 21.4. The Kier molecular flexibility index (Phi) is 5.40. The first-order chi connectivity index (χ1) is 13.6. The van der Waals surface area contributed by atoms with Gasteiger partial charge in [0, 0.05) is 30.6 Å². The largest absolute Gasteiger partial charge is 0.493 e. The van der Waals surface area contributed by atoms with E-state index in [0.717, 1.165) is 25.7 Å². The maximum Gasteiger partial charge on any atom is 0.407 e. The molecule has 1 N–H and O–H groups in total. The molecule has 2 aliphatic rings. The maximum absolute atomic E-state index is 11.3. The van der Waals surface area contributed by atoms with E-state index in [1.54, 1.807) is 12.1 Å². The molecule has 1 aliphatic carbocycles. The second kappa shape index (κ2) is 7.39. The summed E-state index contributed by atoms with van der Waals surface area (Å²) in [5, 5.41) is 20.4. The Bertz CT molecular complexity index is 795. The highest BCUT2D eigenvalue weighted by atomic mass is 16.6. The number of benzene rings is 1. The van der Waals surface area contributed by atoms with Crippen LogP contribution < -0.4 is 9.47 Å². The van der Waals surface area contributed by atoms with Crippen molar-refractivity contribution in [3.63, 3.8) is 0 Å². The fourth-order valence-corrected chi connectivity index (χ4v) is 5.35. The predicted octanol–water partition coefficient (Wildman–Crippen LogP) is 4.57. The van der Waals surface area contributed by atoms with E-state index < -0.39 is 11.0 Å². The topological polar surface area (TPSA) is 102 Å². The van der Waals surface area contributed by atoms with E-state index in [4.69, 9.17) is 9.47 Å². The van der Waals surface area contributed by atoms with Crippen LogP contribution in [0.3, 0.4) is 0 Å². The number of carboxylic acid groups (broad SMARTS) is 1. The highest BCUT2D eigenvalue weighted by Gasteiger charge is 2.64. The van der Waals surface area contributed by atoms with Gasteiger partial charge in [0.15, 0.2) is 0 Å². The summed E-state index contributed by atoms with van der Waals surface area (Å²) >= 11 is 0. The lowest BCUT2D eigenvalue weighted by Crippen LogP contribution is -2.64. The van der Waals surface area contributed by atoms with E-state index >= 15 is 0 Å². The summed E-state index contributed by atoms with van der Waals surface area (Å²) in [4.78, 5) is 23.5. The molecule has 3 rings (SSSR count). The summed E-state index contributed by atoms with van der Waals surface area (Å²) in [5.74, 6) is 0.719. The first kappa shape index (κ1) is 21.2. The molecule has 0 radical (unpaired) electrons. The Morgan fingerprint density at radius 1 is 1.24 bits per heavy atom. The van der Waals surface area contributed by atoms with Gasteiger partial charge in [-0.3, -0.25) is 10.1 Å². The highest BCUT2D eigenvalue weighted by Crippen LogP contribution is 2.69. The maximum atomic E-state index is 11.3. The van der Waals surface area contributed by atoms with Crippen LogP contribution in [0.25, 0.3) is 0 Å². The third-order valence-electron chi connectivity index (χ3n) is 7.31. The average Bonchev–Trinajstić information content (AvgIpc) is 2.66. The molecule has 1 saturated carbocycles. The third-order valence-corrected chi connectivity index (χ3v) is 7.31. The standard InChI is InChI=1S/C21H30N2O6/c1-19(2,3)21(8-7-20(21)9-11-22(12-10-20)18(24)25)14-29-15-5-6-16(23(26)27)17(13-15)28-4/h5-6,13H,7-12,14H2,1-4H3,(H,24,25). The van der Waals surface area contributed by atoms with E-state index in [0.29, 0.717) is 25.4 Å². The number of likely N-dealkylation sites (tertiary alicyclic amines) is 1. The van der Waals surface area contributed by atoms with Crippen molar-refractivity contribution >= 4 is 11.8 Å². The minimum atomic E-state index is -0.852. The van der Waals surface area contributed by atoms with E-state index in [1.807, 2.05) is 0 Å². The molecule has 0 bridgehead atoms. The van der Waals surface area contributed by atoms with Gasteiger partial charge in [-0.15, -0.1) is 0 Å². The Hall–Kier alpha value is -2.51. The van der Waals surface area contributed by atoms with Gasteiger partial charge in [-0.2, -0.15) is 0 Å². The SMILES string of the molecule is COc1cc(OCC2(C(C)(C)C)CCC23CCN(C(=O)O)CC3)ccc1[N+](=O)[O-]. The van der Waals surface area contributed by atoms with Gasteiger partial charge in [0.05, 0.1) is 18.6 Å². The summed E-state index contributed by atoms with van der Waals surface area (Å²) in [6.45, 7) is 8.26. The summed E-state index contributed by atoms with van der Waals surface area (Å²) in [7, 11) is 1.40. The van der Waals surface area contributed by atoms with Gasteiger partial charge in [0.1, 0.15) is 5.75 Å². The Morgan fingerprint density at radius 3 is 2.34 bits per heavy atom. The zero-order valence-electron chi connectivity index (χ0n) is 17.6. The molecule has 2 fully saturated rings. The molecule has 29 heavy (non-hydrogen) atoms. The molecule has 8 heteroatoms. The van der Waals surface area contributed by atoms with E-state index in [2.05, 4.69) is 20.8 Å². The van der Waals surface area contributed by atoms with Crippen molar-refractivity contribution in [2.45, 2.75) is 46.5 Å². The summed E-state index contributed by atoms with van der Waals surface area (Å²) in [6, 6.07) is 4.57. The first-order valence-corrected chi connectivity index (χ1v) is 9.98. The van der Waals surface area contributed by atoms with Gasteiger partial charge in [-0.1, -0.05) is 20.8 Å². The monoisotopic (exact) mass is 406 g/mol. The molecular weight excluding hydrogens is 376 g/mol. The van der Waals surface area contributed by atoms with Crippen molar-refractivity contribution in [3.05, 3.63) is 28.3 Å². The van der Waals surface area contributed by atoms with Crippen LogP contribution >= 0.6 is 0 Å². The van der Waals surface area contributed by atoms with Crippen LogP contribution in [-0.4, -0.2) is 47.8 Å². The van der Waals surface area contributed by atoms with Crippen molar-refractivity contribution in [2.24, 2.45) is 16.2 Å². The molecule has 1 spiro atoms. The number of ether oxygens (including phenoxy) is 2. The predicted molar refractivity (Wildman–Crippen MR) is 108 cm³/mol. The molecule has 160 valence electrons. The molecule has 0 aromatic heterocycles. The first-order valence-electron chi connectivity index (χ1n) is 9.98. The molecule has 8 nitrogen and oxygen atoms in total. The van der Waals surface area contributed by atoms with Crippen LogP contribution in [0.2, 0.25) is 0 Å². The van der Waals surface area contributed by atoms with Crippen molar-refractivity contribution in [3.8, 4) is 11.5 Å². The normalized spacial score (nSPS) is 23.4. The van der Waals surface area contributed by atoms with Crippen LogP contribution in [-0.2, 0) is 0 Å². The number of nitro groups is 1. The Morgan fingerprint density at radius 2 is 1.90 bits per heavy atom. The Labute approximate surface area is 170 Å². The van der Waals surface area contributed by atoms with Crippen molar-refractivity contribution < 1.29 is 24.3 Å². The number of methoxy groups -OCH3 is 1. The molecule has 1 aromatic carbocycles. The quantitative estimate of drug-likeness (QED) is 0.568. The zero-order valence-corrected chi connectivity index (χ0v) is 17.6. The van der Waals surface area contributed by atoms with E-state index in [1.165, 1.54) is 18.1 Å². The smallest absolute Gasteiger partial charge is 0.407 e.